The average Bonchev–Trinajstić information content (AvgIpc) is 2.32. The molecule has 4 saturated carbocycles. The second-order valence-corrected chi connectivity index (χ2v) is 7.81. The summed E-state index contributed by atoms with van der Waals surface area (Å²) in [5.41, 5.74) is 0.295. The van der Waals surface area contributed by atoms with Gasteiger partial charge in [-0.25, -0.2) is 0 Å². The lowest BCUT2D eigenvalue weighted by Gasteiger charge is -2.60. The first kappa shape index (κ1) is 13.4. The lowest BCUT2D eigenvalue weighted by atomic mass is 9.44. The molecule has 3 atom stereocenters. The van der Waals surface area contributed by atoms with E-state index in [2.05, 4.69) is 12.2 Å². The Morgan fingerprint density at radius 3 is 2.42 bits per heavy atom. The first-order valence-corrected chi connectivity index (χ1v) is 7.90. The number of hydrogen-bond acceptors (Lipinski definition) is 2. The van der Waals surface area contributed by atoms with Crippen molar-refractivity contribution < 1.29 is 9.90 Å². The van der Waals surface area contributed by atoms with Crippen molar-refractivity contribution in [3.05, 3.63) is 0 Å². The topological polar surface area (TPSA) is 49.3 Å². The van der Waals surface area contributed by atoms with Crippen molar-refractivity contribution in [2.75, 3.05) is 6.61 Å². The molecule has 0 aromatic rings. The molecule has 0 aliphatic heterocycles. The van der Waals surface area contributed by atoms with Crippen LogP contribution in [0.1, 0.15) is 58.8 Å². The Morgan fingerprint density at radius 2 is 1.95 bits per heavy atom. The smallest absolute Gasteiger partial charge is 0.226 e. The molecule has 4 rings (SSSR count). The van der Waals surface area contributed by atoms with Gasteiger partial charge in [0.25, 0.3) is 0 Å². The highest BCUT2D eigenvalue weighted by molar-refractivity contribution is 5.83. The third-order valence-electron chi connectivity index (χ3n) is 5.88. The summed E-state index contributed by atoms with van der Waals surface area (Å²) in [4.78, 5) is 12.7. The number of hydrogen-bond donors (Lipinski definition) is 2. The maximum atomic E-state index is 12.7. The number of carbonyl (C=O) groups excluding carboxylic acids is 1. The molecule has 0 aromatic heterocycles. The molecule has 0 spiro atoms. The fourth-order valence-electron chi connectivity index (χ4n) is 5.60. The van der Waals surface area contributed by atoms with Gasteiger partial charge in [-0.15, -0.1) is 0 Å². The van der Waals surface area contributed by atoms with Crippen LogP contribution in [0.5, 0.6) is 0 Å². The summed E-state index contributed by atoms with van der Waals surface area (Å²) in [6.45, 7) is 4.46. The van der Waals surface area contributed by atoms with Crippen LogP contribution < -0.4 is 5.32 Å². The van der Waals surface area contributed by atoms with Crippen LogP contribution in [0.15, 0.2) is 0 Å². The van der Waals surface area contributed by atoms with Crippen molar-refractivity contribution in [1.82, 2.24) is 5.32 Å². The van der Waals surface area contributed by atoms with Gasteiger partial charge >= 0.3 is 0 Å². The van der Waals surface area contributed by atoms with Gasteiger partial charge in [0.05, 0.1) is 18.1 Å². The van der Waals surface area contributed by atoms with E-state index < -0.39 is 0 Å². The highest BCUT2D eigenvalue weighted by Crippen LogP contribution is 2.65. The summed E-state index contributed by atoms with van der Waals surface area (Å²) in [5.74, 6) is 1.77. The zero-order valence-corrected chi connectivity index (χ0v) is 12.2. The summed E-state index contributed by atoms with van der Waals surface area (Å²) in [6.07, 6.45) is 8.07. The summed E-state index contributed by atoms with van der Waals surface area (Å²) in [7, 11) is 0. The lowest BCUT2D eigenvalue weighted by Crippen LogP contribution is -2.58. The first-order valence-electron chi connectivity index (χ1n) is 7.90. The van der Waals surface area contributed by atoms with E-state index in [9.17, 15) is 9.90 Å². The number of nitrogens with one attached hydrogen (secondary N) is 1. The van der Waals surface area contributed by atoms with Crippen molar-refractivity contribution in [2.24, 2.45) is 22.7 Å². The normalized spacial score (nSPS) is 45.2. The molecule has 4 fully saturated rings. The molecule has 0 radical (unpaired) electrons. The molecule has 2 unspecified atom stereocenters. The minimum Gasteiger partial charge on any atom is -0.394 e. The molecule has 0 aromatic carbocycles. The molecule has 4 bridgehead atoms. The Morgan fingerprint density at radius 1 is 1.32 bits per heavy atom. The predicted octanol–water partition coefficient (Wildman–Crippen LogP) is 2.48. The van der Waals surface area contributed by atoms with Gasteiger partial charge in [-0.05, 0) is 62.2 Å². The second kappa shape index (κ2) is 4.47. The van der Waals surface area contributed by atoms with Crippen molar-refractivity contribution in [3.63, 3.8) is 0 Å². The van der Waals surface area contributed by atoms with Crippen molar-refractivity contribution in [2.45, 2.75) is 64.8 Å². The second-order valence-electron chi connectivity index (χ2n) is 7.81. The Bertz CT molecular complexity index is 361. The number of carbonyl (C=O) groups is 1. The third kappa shape index (κ3) is 2.20. The van der Waals surface area contributed by atoms with Crippen molar-refractivity contribution >= 4 is 5.91 Å². The molecule has 3 heteroatoms. The molecule has 4 aliphatic carbocycles. The van der Waals surface area contributed by atoms with Crippen molar-refractivity contribution in [3.8, 4) is 0 Å². The van der Waals surface area contributed by atoms with Crippen LogP contribution in [0.25, 0.3) is 0 Å². The minimum atomic E-state index is -0.110. The van der Waals surface area contributed by atoms with E-state index in [1.54, 1.807) is 0 Å². The highest BCUT2D eigenvalue weighted by Gasteiger charge is 2.58. The zero-order chi connectivity index (χ0) is 13.7. The fraction of sp³-hybridized carbons (Fsp3) is 0.938. The van der Waals surface area contributed by atoms with Crippen LogP contribution >= 0.6 is 0 Å². The predicted molar refractivity (Wildman–Crippen MR) is 74.5 cm³/mol. The maximum Gasteiger partial charge on any atom is 0.226 e. The summed E-state index contributed by atoms with van der Waals surface area (Å²) >= 11 is 0. The van der Waals surface area contributed by atoms with Gasteiger partial charge in [0.2, 0.25) is 5.91 Å². The molecule has 1 amide bonds. The molecule has 19 heavy (non-hydrogen) atoms. The van der Waals surface area contributed by atoms with E-state index in [-0.39, 0.29) is 24.0 Å². The van der Waals surface area contributed by atoms with E-state index in [1.165, 1.54) is 19.3 Å². The molecule has 108 valence electrons. The number of amides is 1. The SMILES string of the molecule is CC[C@H](CO)NC(=O)C12CC3CC(CC(C)(C3)C1)C2. The van der Waals surface area contributed by atoms with E-state index in [0.717, 1.165) is 37.5 Å². The van der Waals surface area contributed by atoms with Gasteiger partial charge in [0, 0.05) is 0 Å². The Hall–Kier alpha value is -0.570. The maximum absolute atomic E-state index is 12.7. The molecule has 0 heterocycles. The standard InChI is InChI=1S/C16H27NO2/c1-3-13(9-18)17-14(19)16-7-11-4-12(8-16)6-15(2,5-11)10-16/h11-13,18H,3-10H2,1-2H3,(H,17,19)/t11?,12?,13-,15?,16?/m1/s1. The van der Waals surface area contributed by atoms with Crippen LogP contribution in [0, 0.1) is 22.7 Å². The average molecular weight is 265 g/mol. The van der Waals surface area contributed by atoms with Gasteiger partial charge in [-0.1, -0.05) is 13.8 Å². The van der Waals surface area contributed by atoms with Crippen LogP contribution in [-0.2, 0) is 4.79 Å². The molecule has 4 aliphatic rings. The molecular formula is C16H27NO2. The van der Waals surface area contributed by atoms with Gasteiger partial charge in [0.1, 0.15) is 0 Å². The van der Waals surface area contributed by atoms with Gasteiger partial charge in [0.15, 0.2) is 0 Å². The Balaban J connectivity index is 1.78. The molecule has 0 saturated heterocycles. The Labute approximate surface area is 116 Å². The minimum absolute atomic E-state index is 0.0580. The number of aliphatic hydroxyl groups excluding tert-OH is 1. The number of rotatable bonds is 4. The van der Waals surface area contributed by atoms with Gasteiger partial charge in [-0.3, -0.25) is 4.79 Å². The molecule has 3 nitrogen and oxygen atoms in total. The van der Waals surface area contributed by atoms with Gasteiger partial charge in [-0.2, -0.15) is 0 Å². The zero-order valence-electron chi connectivity index (χ0n) is 12.2. The largest absolute Gasteiger partial charge is 0.394 e. The van der Waals surface area contributed by atoms with E-state index in [0.29, 0.717) is 5.41 Å². The van der Waals surface area contributed by atoms with E-state index in [1.807, 2.05) is 6.92 Å². The molecular weight excluding hydrogens is 238 g/mol. The van der Waals surface area contributed by atoms with Crippen LogP contribution in [0.3, 0.4) is 0 Å². The number of aliphatic hydroxyl groups is 1. The Kier molecular flexibility index (Phi) is 3.16. The summed E-state index contributed by atoms with van der Waals surface area (Å²) < 4.78 is 0. The van der Waals surface area contributed by atoms with Crippen molar-refractivity contribution in [1.29, 1.82) is 0 Å². The summed E-state index contributed by atoms with van der Waals surface area (Å²) in [5, 5.41) is 12.4. The third-order valence-corrected chi connectivity index (χ3v) is 5.88. The summed E-state index contributed by atoms with van der Waals surface area (Å²) in [6, 6.07) is -0.0617. The van der Waals surface area contributed by atoms with E-state index >= 15 is 0 Å². The lowest BCUT2D eigenvalue weighted by molar-refractivity contribution is -0.156. The van der Waals surface area contributed by atoms with Crippen LogP contribution in [0.4, 0.5) is 0 Å². The molecule has 2 N–H and O–H groups in total. The monoisotopic (exact) mass is 265 g/mol. The highest BCUT2D eigenvalue weighted by atomic mass is 16.3. The van der Waals surface area contributed by atoms with Crippen LogP contribution in [-0.4, -0.2) is 23.7 Å². The van der Waals surface area contributed by atoms with Crippen LogP contribution in [0.2, 0.25) is 0 Å². The fourth-order valence-corrected chi connectivity index (χ4v) is 5.60. The van der Waals surface area contributed by atoms with Gasteiger partial charge < -0.3 is 10.4 Å². The van der Waals surface area contributed by atoms with E-state index in [4.69, 9.17) is 0 Å². The quantitative estimate of drug-likeness (QED) is 0.820. The first-order chi connectivity index (χ1) is 8.98.